The van der Waals surface area contributed by atoms with Gasteiger partial charge < -0.3 is 15.0 Å². The van der Waals surface area contributed by atoms with Gasteiger partial charge in [0.25, 0.3) is 5.91 Å². The summed E-state index contributed by atoms with van der Waals surface area (Å²) in [5.74, 6) is -0.997. The maximum absolute atomic E-state index is 12.5. The molecule has 8 nitrogen and oxygen atoms in total. The summed E-state index contributed by atoms with van der Waals surface area (Å²) in [5.41, 5.74) is 1.29. The van der Waals surface area contributed by atoms with Crippen LogP contribution in [0.25, 0.3) is 0 Å². The van der Waals surface area contributed by atoms with Crippen molar-refractivity contribution in [3.63, 3.8) is 0 Å². The highest BCUT2D eigenvalue weighted by Crippen LogP contribution is 2.23. The van der Waals surface area contributed by atoms with Crippen molar-refractivity contribution in [1.82, 2.24) is 14.9 Å². The number of benzene rings is 2. The summed E-state index contributed by atoms with van der Waals surface area (Å²) in [6.07, 6.45) is -3.05. The Balaban J connectivity index is 1.45. The first kappa shape index (κ1) is 25.5. The van der Waals surface area contributed by atoms with Gasteiger partial charge in [-0.05, 0) is 54.8 Å². The molecular weight excluding hydrogens is 475 g/mol. The minimum atomic E-state index is -4.88. The minimum absolute atomic E-state index is 0.0434. The van der Waals surface area contributed by atoms with Crippen molar-refractivity contribution in [3.8, 4) is 5.75 Å². The van der Waals surface area contributed by atoms with E-state index in [1.54, 1.807) is 29.2 Å². The van der Waals surface area contributed by atoms with Crippen LogP contribution < -0.4 is 14.8 Å². The lowest BCUT2D eigenvalue weighted by Crippen LogP contribution is -2.30. The second-order valence-electron chi connectivity index (χ2n) is 7.64. The zero-order valence-corrected chi connectivity index (χ0v) is 18.9. The van der Waals surface area contributed by atoms with Gasteiger partial charge >= 0.3 is 6.36 Å². The topological polar surface area (TPSA) is 105 Å². The molecule has 2 amide bonds. The predicted molar refractivity (Wildman–Crippen MR) is 116 cm³/mol. The fourth-order valence-corrected chi connectivity index (χ4v) is 4.44. The van der Waals surface area contributed by atoms with Crippen LogP contribution in [0.3, 0.4) is 0 Å². The zero-order chi connectivity index (χ0) is 24.8. The largest absolute Gasteiger partial charge is 0.573 e. The number of sulfonamides is 1. The Bertz CT molecular complexity index is 1120. The first-order valence-electron chi connectivity index (χ1n) is 10.5. The number of carbonyl (C=O) groups excluding carboxylic acids is 2. The SMILES string of the molecule is O=C(CCNS(=O)(=O)c1ccc(OC(F)(F)F)cc1)NCc1cccc(C(=O)N2CCCC2)c1. The average Bonchev–Trinajstić information content (AvgIpc) is 3.31. The highest BCUT2D eigenvalue weighted by molar-refractivity contribution is 7.89. The molecule has 0 radical (unpaired) electrons. The lowest BCUT2D eigenvalue weighted by molar-refractivity contribution is -0.274. The van der Waals surface area contributed by atoms with Gasteiger partial charge in [-0.25, -0.2) is 13.1 Å². The highest BCUT2D eigenvalue weighted by Gasteiger charge is 2.31. The number of hydrogen-bond acceptors (Lipinski definition) is 5. The van der Waals surface area contributed by atoms with Gasteiger partial charge in [0.15, 0.2) is 0 Å². The first-order chi connectivity index (χ1) is 16.0. The molecule has 3 rings (SSSR count). The van der Waals surface area contributed by atoms with Crippen molar-refractivity contribution in [3.05, 3.63) is 59.7 Å². The number of amides is 2. The molecule has 0 bridgehead atoms. The van der Waals surface area contributed by atoms with Crippen molar-refractivity contribution in [2.24, 2.45) is 0 Å². The second-order valence-corrected chi connectivity index (χ2v) is 9.41. The number of rotatable bonds is 9. The maximum Gasteiger partial charge on any atom is 0.573 e. The molecule has 2 aromatic carbocycles. The Hall–Kier alpha value is -3.12. The molecule has 0 unspecified atom stereocenters. The van der Waals surface area contributed by atoms with Crippen LogP contribution in [0.1, 0.15) is 35.2 Å². The first-order valence-corrected chi connectivity index (χ1v) is 12.0. The Labute approximate surface area is 195 Å². The fourth-order valence-electron chi connectivity index (χ4n) is 3.41. The molecule has 2 N–H and O–H groups in total. The summed E-state index contributed by atoms with van der Waals surface area (Å²) in [5, 5.41) is 2.67. The molecule has 0 atom stereocenters. The van der Waals surface area contributed by atoms with Crippen LogP contribution in [0.5, 0.6) is 5.75 Å². The number of alkyl halides is 3. The molecule has 184 valence electrons. The van der Waals surface area contributed by atoms with Crippen LogP contribution >= 0.6 is 0 Å². The molecule has 1 aliphatic heterocycles. The van der Waals surface area contributed by atoms with Gasteiger partial charge in [0.1, 0.15) is 5.75 Å². The molecule has 12 heteroatoms. The van der Waals surface area contributed by atoms with Gasteiger partial charge in [0, 0.05) is 38.2 Å². The van der Waals surface area contributed by atoms with Gasteiger partial charge in [-0.2, -0.15) is 0 Å². The summed E-state index contributed by atoms with van der Waals surface area (Å²) in [6.45, 7) is 1.44. The standard InChI is InChI=1S/C22H24F3N3O5S/c23-22(24,25)33-18-6-8-19(9-7-18)34(31,32)27-11-10-20(29)26-15-16-4-3-5-17(14-16)21(30)28-12-1-2-13-28/h3-9,14,27H,1-2,10-13,15H2,(H,26,29). The van der Waals surface area contributed by atoms with Crippen LogP contribution in [0.4, 0.5) is 13.2 Å². The van der Waals surface area contributed by atoms with Gasteiger partial charge in [0.05, 0.1) is 4.90 Å². The Morgan fingerprint density at radius 2 is 1.71 bits per heavy atom. The summed E-state index contributed by atoms with van der Waals surface area (Å²) < 4.78 is 67.0. The summed E-state index contributed by atoms with van der Waals surface area (Å²) in [7, 11) is -4.02. The molecule has 34 heavy (non-hydrogen) atoms. The number of likely N-dealkylation sites (tertiary alicyclic amines) is 1. The third-order valence-corrected chi connectivity index (χ3v) is 6.55. The van der Waals surface area contributed by atoms with Gasteiger partial charge in [0.2, 0.25) is 15.9 Å². The Morgan fingerprint density at radius 1 is 1.03 bits per heavy atom. The Kier molecular flexibility index (Phi) is 8.15. The molecule has 2 aromatic rings. The van der Waals surface area contributed by atoms with E-state index < -0.39 is 28.0 Å². The van der Waals surface area contributed by atoms with Crippen molar-refractivity contribution in [2.75, 3.05) is 19.6 Å². The van der Waals surface area contributed by atoms with E-state index in [2.05, 4.69) is 14.8 Å². The zero-order valence-electron chi connectivity index (χ0n) is 18.1. The summed E-state index contributed by atoms with van der Waals surface area (Å²) >= 11 is 0. The molecule has 0 spiro atoms. The number of hydrogen-bond donors (Lipinski definition) is 2. The molecule has 1 fully saturated rings. The van der Waals surface area contributed by atoms with Crippen molar-refractivity contribution >= 4 is 21.8 Å². The number of halogens is 3. The predicted octanol–water partition coefficient (Wildman–Crippen LogP) is 2.81. The van der Waals surface area contributed by atoms with E-state index in [1.807, 2.05) is 0 Å². The van der Waals surface area contributed by atoms with E-state index in [1.165, 1.54) is 0 Å². The molecular formula is C22H24F3N3O5S. The van der Waals surface area contributed by atoms with Crippen molar-refractivity contribution < 1.29 is 35.9 Å². The maximum atomic E-state index is 12.5. The number of ether oxygens (including phenoxy) is 1. The lowest BCUT2D eigenvalue weighted by Gasteiger charge is -2.15. The second kappa shape index (κ2) is 10.9. The van der Waals surface area contributed by atoms with Crippen molar-refractivity contribution in [1.29, 1.82) is 0 Å². The van der Waals surface area contributed by atoms with Crippen LogP contribution in [-0.4, -0.2) is 51.1 Å². The minimum Gasteiger partial charge on any atom is -0.406 e. The van der Waals surface area contributed by atoms with E-state index in [9.17, 15) is 31.2 Å². The van der Waals surface area contributed by atoms with Crippen LogP contribution in [-0.2, 0) is 21.4 Å². The van der Waals surface area contributed by atoms with Gasteiger partial charge in [-0.1, -0.05) is 12.1 Å². The van der Waals surface area contributed by atoms with Crippen LogP contribution in [0, 0.1) is 0 Å². The van der Waals surface area contributed by atoms with Crippen LogP contribution in [0.2, 0.25) is 0 Å². The molecule has 0 aromatic heterocycles. The third-order valence-electron chi connectivity index (χ3n) is 5.07. The number of nitrogens with zero attached hydrogens (tertiary/aromatic N) is 1. The van der Waals surface area contributed by atoms with E-state index in [-0.39, 0.29) is 30.3 Å². The van der Waals surface area contributed by atoms with Gasteiger partial charge in [-0.3, -0.25) is 9.59 Å². The van der Waals surface area contributed by atoms with Crippen LogP contribution in [0.15, 0.2) is 53.4 Å². The average molecular weight is 500 g/mol. The van der Waals surface area contributed by atoms with E-state index >= 15 is 0 Å². The molecule has 1 heterocycles. The normalized spacial score (nSPS) is 14.1. The summed E-state index contributed by atoms with van der Waals surface area (Å²) in [4.78, 5) is 26.1. The van der Waals surface area contributed by atoms with E-state index in [4.69, 9.17) is 0 Å². The quantitative estimate of drug-likeness (QED) is 0.552. The molecule has 1 aliphatic rings. The number of nitrogens with one attached hydrogen (secondary N) is 2. The van der Waals surface area contributed by atoms with E-state index in [0.29, 0.717) is 5.56 Å². The molecule has 1 saturated heterocycles. The number of carbonyl (C=O) groups is 2. The Morgan fingerprint density at radius 3 is 2.35 bits per heavy atom. The third kappa shape index (κ3) is 7.45. The van der Waals surface area contributed by atoms with E-state index in [0.717, 1.165) is 55.8 Å². The smallest absolute Gasteiger partial charge is 0.406 e. The van der Waals surface area contributed by atoms with Crippen molar-refractivity contribution in [2.45, 2.75) is 37.1 Å². The summed E-state index contributed by atoms with van der Waals surface area (Å²) in [6, 6.07) is 10.7. The lowest BCUT2D eigenvalue weighted by atomic mass is 10.1. The fraction of sp³-hybridized carbons (Fsp3) is 0.364. The highest BCUT2D eigenvalue weighted by atomic mass is 32.2. The molecule has 0 saturated carbocycles. The molecule has 0 aliphatic carbocycles. The van der Waals surface area contributed by atoms with Gasteiger partial charge in [-0.15, -0.1) is 13.2 Å². The monoisotopic (exact) mass is 499 g/mol.